The van der Waals surface area contributed by atoms with Crippen molar-refractivity contribution in [2.24, 2.45) is 0 Å². The average Bonchev–Trinajstić information content (AvgIpc) is 2.48. The molecule has 2 aromatic rings. The molecule has 0 aliphatic heterocycles. The predicted octanol–water partition coefficient (Wildman–Crippen LogP) is 3.93. The molecule has 0 saturated heterocycles. The second-order valence-electron chi connectivity index (χ2n) is 4.10. The lowest BCUT2D eigenvalue weighted by atomic mass is 10.0. The third-order valence-corrected chi connectivity index (χ3v) is 2.80. The van der Waals surface area contributed by atoms with Crippen LogP contribution in [-0.4, -0.2) is 12.6 Å². The van der Waals surface area contributed by atoms with Crippen LogP contribution in [0.25, 0.3) is 11.1 Å². The third-order valence-electron chi connectivity index (χ3n) is 2.80. The molecule has 0 aromatic heterocycles. The van der Waals surface area contributed by atoms with Gasteiger partial charge in [-0.3, -0.25) is 0 Å². The summed E-state index contributed by atoms with van der Waals surface area (Å²) >= 11 is 0. The number of rotatable bonds is 4. The molecule has 0 radical (unpaired) electrons. The Kier molecular flexibility index (Phi) is 4.29. The third kappa shape index (κ3) is 3.19. The van der Waals surface area contributed by atoms with Crippen molar-refractivity contribution in [3.63, 3.8) is 0 Å². The number of ether oxygens (including phenoxy) is 1. The van der Waals surface area contributed by atoms with Gasteiger partial charge < -0.3 is 4.74 Å². The molecule has 0 amide bonds. The molecule has 1 atom stereocenters. The smallest absolute Gasteiger partial charge is 0.345 e. The lowest BCUT2D eigenvalue weighted by Gasteiger charge is -2.08. The summed E-state index contributed by atoms with van der Waals surface area (Å²) in [5, 5.41) is 0. The van der Waals surface area contributed by atoms with E-state index >= 15 is 0 Å². The molecule has 0 N–H and O–H groups in total. The summed E-state index contributed by atoms with van der Waals surface area (Å²) in [5.41, 5.74) is 2.36. The normalized spacial score (nSPS) is 11.9. The Labute approximate surface area is 111 Å². The van der Waals surface area contributed by atoms with Crippen molar-refractivity contribution in [2.45, 2.75) is 13.1 Å². The summed E-state index contributed by atoms with van der Waals surface area (Å²) in [7, 11) is 0. The van der Waals surface area contributed by atoms with Gasteiger partial charge in [0, 0.05) is 0 Å². The van der Waals surface area contributed by atoms with Crippen LogP contribution in [0.5, 0.6) is 0 Å². The van der Waals surface area contributed by atoms with Crippen LogP contribution in [0.4, 0.5) is 4.39 Å². The van der Waals surface area contributed by atoms with Crippen LogP contribution in [-0.2, 0) is 9.53 Å². The summed E-state index contributed by atoms with van der Waals surface area (Å²) in [6, 6.07) is 16.6. The minimum atomic E-state index is -1.72. The van der Waals surface area contributed by atoms with Gasteiger partial charge in [-0.05, 0) is 23.6 Å². The van der Waals surface area contributed by atoms with Crippen molar-refractivity contribution < 1.29 is 13.9 Å². The van der Waals surface area contributed by atoms with Gasteiger partial charge in [-0.2, -0.15) is 0 Å². The molecule has 2 aromatic carbocycles. The molecule has 0 fully saturated rings. The Hall–Kier alpha value is -2.16. The fraction of sp³-hybridized carbons (Fsp3) is 0.188. The largest absolute Gasteiger partial charge is 0.464 e. The molecule has 0 heterocycles. The van der Waals surface area contributed by atoms with E-state index in [2.05, 4.69) is 4.74 Å². The Morgan fingerprint density at radius 3 is 2.21 bits per heavy atom. The first-order chi connectivity index (χ1) is 9.22. The zero-order valence-corrected chi connectivity index (χ0v) is 10.7. The summed E-state index contributed by atoms with van der Waals surface area (Å²) in [4.78, 5) is 11.3. The van der Waals surface area contributed by atoms with Crippen LogP contribution in [0.15, 0.2) is 54.6 Å². The fourth-order valence-corrected chi connectivity index (χ4v) is 1.83. The van der Waals surface area contributed by atoms with E-state index in [-0.39, 0.29) is 6.61 Å². The van der Waals surface area contributed by atoms with Crippen molar-refractivity contribution in [2.75, 3.05) is 6.61 Å². The standard InChI is InChI=1S/C16H15FO2/c1-2-19-16(18)15(17)14-10-8-13(9-11-14)12-6-4-3-5-7-12/h3-11,15H,2H2,1H3. The highest BCUT2D eigenvalue weighted by atomic mass is 19.1. The lowest BCUT2D eigenvalue weighted by Crippen LogP contribution is -2.11. The second-order valence-corrected chi connectivity index (χ2v) is 4.10. The number of hydrogen-bond donors (Lipinski definition) is 0. The highest BCUT2D eigenvalue weighted by Gasteiger charge is 2.20. The van der Waals surface area contributed by atoms with Crippen LogP contribution >= 0.6 is 0 Å². The van der Waals surface area contributed by atoms with Gasteiger partial charge in [0.2, 0.25) is 6.17 Å². The van der Waals surface area contributed by atoms with E-state index in [9.17, 15) is 9.18 Å². The maximum absolute atomic E-state index is 13.8. The molecule has 2 rings (SSSR count). The fourth-order valence-electron chi connectivity index (χ4n) is 1.83. The SMILES string of the molecule is CCOC(=O)C(F)c1ccc(-c2ccccc2)cc1. The van der Waals surface area contributed by atoms with Crippen LogP contribution < -0.4 is 0 Å². The first-order valence-corrected chi connectivity index (χ1v) is 6.18. The number of esters is 1. The minimum absolute atomic E-state index is 0.182. The zero-order valence-electron chi connectivity index (χ0n) is 10.7. The average molecular weight is 258 g/mol. The van der Waals surface area contributed by atoms with Gasteiger partial charge in [0.05, 0.1) is 6.61 Å². The van der Waals surface area contributed by atoms with E-state index in [4.69, 9.17) is 0 Å². The van der Waals surface area contributed by atoms with Crippen LogP contribution in [0, 0.1) is 0 Å². The molecule has 0 aliphatic rings. The van der Waals surface area contributed by atoms with E-state index in [1.54, 1.807) is 31.2 Å². The number of halogens is 1. The Bertz CT molecular complexity index is 534. The lowest BCUT2D eigenvalue weighted by molar-refractivity contribution is -0.149. The maximum atomic E-state index is 13.8. The molecule has 98 valence electrons. The predicted molar refractivity (Wildman–Crippen MR) is 72.4 cm³/mol. The van der Waals surface area contributed by atoms with E-state index in [1.165, 1.54) is 0 Å². The Morgan fingerprint density at radius 1 is 1.05 bits per heavy atom. The Balaban J connectivity index is 2.17. The van der Waals surface area contributed by atoms with Gasteiger partial charge in [0.15, 0.2) is 0 Å². The molecule has 0 saturated carbocycles. The molecule has 2 nitrogen and oxygen atoms in total. The summed E-state index contributed by atoms with van der Waals surface area (Å²) in [6.07, 6.45) is -1.72. The minimum Gasteiger partial charge on any atom is -0.464 e. The number of carbonyl (C=O) groups is 1. The first-order valence-electron chi connectivity index (χ1n) is 6.18. The molecule has 3 heteroatoms. The summed E-state index contributed by atoms with van der Waals surface area (Å²) in [6.45, 7) is 1.84. The number of alkyl halides is 1. The van der Waals surface area contributed by atoms with E-state index < -0.39 is 12.1 Å². The monoisotopic (exact) mass is 258 g/mol. The number of hydrogen-bond acceptors (Lipinski definition) is 2. The first kappa shape index (κ1) is 13.3. The van der Waals surface area contributed by atoms with Crippen LogP contribution in [0.3, 0.4) is 0 Å². The zero-order chi connectivity index (χ0) is 13.7. The summed E-state index contributed by atoms with van der Waals surface area (Å²) in [5.74, 6) is -0.838. The van der Waals surface area contributed by atoms with E-state index in [1.807, 2.05) is 30.3 Å². The second kappa shape index (κ2) is 6.14. The van der Waals surface area contributed by atoms with Crippen molar-refractivity contribution in [3.05, 3.63) is 60.2 Å². The van der Waals surface area contributed by atoms with E-state index in [0.717, 1.165) is 11.1 Å². The molecule has 1 unspecified atom stereocenters. The van der Waals surface area contributed by atoms with Crippen molar-refractivity contribution in [3.8, 4) is 11.1 Å². The number of carbonyl (C=O) groups excluding carboxylic acids is 1. The highest BCUT2D eigenvalue weighted by molar-refractivity contribution is 5.76. The molecule has 19 heavy (non-hydrogen) atoms. The summed E-state index contributed by atoms with van der Waals surface area (Å²) < 4.78 is 18.4. The van der Waals surface area contributed by atoms with Gasteiger partial charge in [0.25, 0.3) is 0 Å². The van der Waals surface area contributed by atoms with Gasteiger partial charge >= 0.3 is 5.97 Å². The molecule has 0 aliphatic carbocycles. The molecule has 0 bridgehead atoms. The van der Waals surface area contributed by atoms with Gasteiger partial charge in [-0.1, -0.05) is 54.6 Å². The Morgan fingerprint density at radius 2 is 1.63 bits per heavy atom. The van der Waals surface area contributed by atoms with Crippen molar-refractivity contribution in [1.82, 2.24) is 0 Å². The van der Waals surface area contributed by atoms with Gasteiger partial charge in [-0.15, -0.1) is 0 Å². The quantitative estimate of drug-likeness (QED) is 0.777. The van der Waals surface area contributed by atoms with Gasteiger partial charge in [0.1, 0.15) is 0 Å². The van der Waals surface area contributed by atoms with Gasteiger partial charge in [-0.25, -0.2) is 9.18 Å². The molecular formula is C16H15FO2. The molecule has 0 spiro atoms. The molecular weight excluding hydrogens is 243 g/mol. The van der Waals surface area contributed by atoms with Crippen LogP contribution in [0.1, 0.15) is 18.7 Å². The van der Waals surface area contributed by atoms with Crippen molar-refractivity contribution >= 4 is 5.97 Å². The maximum Gasteiger partial charge on any atom is 0.345 e. The van der Waals surface area contributed by atoms with Crippen molar-refractivity contribution in [1.29, 1.82) is 0 Å². The topological polar surface area (TPSA) is 26.3 Å². The van der Waals surface area contributed by atoms with Crippen LogP contribution in [0.2, 0.25) is 0 Å². The van der Waals surface area contributed by atoms with E-state index in [0.29, 0.717) is 5.56 Å². The highest BCUT2D eigenvalue weighted by Crippen LogP contribution is 2.24. The number of benzene rings is 2.